The topological polar surface area (TPSA) is 105 Å². The quantitative estimate of drug-likeness (QED) is 0.343. The minimum Gasteiger partial charge on any atom is -0.339 e. The van der Waals surface area contributed by atoms with Crippen molar-refractivity contribution in [3.05, 3.63) is 76.1 Å². The summed E-state index contributed by atoms with van der Waals surface area (Å²) in [4.78, 5) is 38.5. The van der Waals surface area contributed by atoms with Crippen LogP contribution in [0.2, 0.25) is 0 Å². The van der Waals surface area contributed by atoms with Crippen molar-refractivity contribution >= 4 is 16.8 Å². The van der Waals surface area contributed by atoms with Crippen LogP contribution in [0, 0.1) is 0 Å². The molecule has 2 aromatic heterocycles. The number of H-pyrrole nitrogens is 1. The number of amides is 1. The summed E-state index contributed by atoms with van der Waals surface area (Å²) < 4.78 is 31.5. The Kier molecular flexibility index (Phi) is 7.52. The van der Waals surface area contributed by atoms with E-state index in [1.165, 1.54) is 0 Å². The molecule has 0 aliphatic carbocycles. The summed E-state index contributed by atoms with van der Waals surface area (Å²) in [5, 5.41) is 4.15. The van der Waals surface area contributed by atoms with E-state index in [0.29, 0.717) is 53.8 Å². The average molecular weight is 496 g/mol. The second kappa shape index (κ2) is 10.8. The van der Waals surface area contributed by atoms with Crippen molar-refractivity contribution in [2.24, 2.45) is 0 Å². The van der Waals surface area contributed by atoms with Gasteiger partial charge in [0.15, 0.2) is 5.82 Å². The summed E-state index contributed by atoms with van der Waals surface area (Å²) in [7, 11) is 0. The van der Waals surface area contributed by atoms with Gasteiger partial charge in [0.25, 0.3) is 23.3 Å². The highest BCUT2D eigenvalue weighted by Crippen LogP contribution is 2.22. The number of aromatic nitrogens is 4. The molecule has 0 saturated carbocycles. The van der Waals surface area contributed by atoms with Gasteiger partial charge in [-0.2, -0.15) is 4.98 Å². The van der Waals surface area contributed by atoms with Crippen molar-refractivity contribution in [2.45, 2.75) is 45.5 Å². The zero-order valence-corrected chi connectivity index (χ0v) is 20.1. The van der Waals surface area contributed by atoms with Gasteiger partial charge in [-0.05, 0) is 56.2 Å². The zero-order chi connectivity index (χ0) is 25.7. The highest BCUT2D eigenvalue weighted by molar-refractivity contribution is 5.94. The minimum absolute atomic E-state index is 0.0750. The van der Waals surface area contributed by atoms with Gasteiger partial charge in [0.05, 0.1) is 17.3 Å². The number of rotatable bonds is 10. The minimum atomic E-state index is -2.93. The molecule has 36 heavy (non-hydrogen) atoms. The molecule has 0 aliphatic rings. The molecule has 1 amide bonds. The lowest BCUT2D eigenvalue weighted by Crippen LogP contribution is -2.33. The maximum absolute atomic E-state index is 13.2. The summed E-state index contributed by atoms with van der Waals surface area (Å²) in [5.74, 6) is -2.42. The van der Waals surface area contributed by atoms with Crippen molar-refractivity contribution in [1.29, 1.82) is 0 Å². The Balaban J connectivity index is 1.40. The van der Waals surface area contributed by atoms with Crippen LogP contribution < -0.4 is 5.56 Å². The number of para-hydroxylation sites is 1. The molecule has 2 aromatic carbocycles. The van der Waals surface area contributed by atoms with Crippen molar-refractivity contribution in [3.63, 3.8) is 0 Å². The number of carbonyl (C=O) groups excluding carboxylic acids is 1. The first-order valence-electron chi connectivity index (χ1n) is 11.8. The second-order valence-electron chi connectivity index (χ2n) is 8.77. The van der Waals surface area contributed by atoms with Crippen LogP contribution in [-0.2, 0) is 12.8 Å². The van der Waals surface area contributed by atoms with E-state index in [4.69, 9.17) is 4.52 Å². The Labute approximate surface area is 206 Å². The number of hydrogen-bond acceptors (Lipinski definition) is 6. The van der Waals surface area contributed by atoms with Crippen LogP contribution >= 0.6 is 0 Å². The first-order valence-corrected chi connectivity index (χ1v) is 11.8. The number of nitrogens with zero attached hydrogens (tertiary/aromatic N) is 4. The summed E-state index contributed by atoms with van der Waals surface area (Å²) >= 11 is 0. The van der Waals surface area contributed by atoms with Gasteiger partial charge in [-0.3, -0.25) is 9.59 Å². The fraction of sp³-hybridized carbons (Fsp3) is 0.346. The number of hydrogen-bond donors (Lipinski definition) is 1. The first-order chi connectivity index (χ1) is 17.2. The van der Waals surface area contributed by atoms with Crippen molar-refractivity contribution in [3.8, 4) is 11.5 Å². The Morgan fingerprint density at radius 2 is 1.83 bits per heavy atom. The fourth-order valence-corrected chi connectivity index (χ4v) is 3.93. The first kappa shape index (κ1) is 25.2. The third kappa shape index (κ3) is 6.18. The number of nitrogens with one attached hydrogen (secondary N) is 1. The van der Waals surface area contributed by atoms with Crippen molar-refractivity contribution in [1.82, 2.24) is 25.0 Å². The van der Waals surface area contributed by atoms with Gasteiger partial charge >= 0.3 is 0 Å². The van der Waals surface area contributed by atoms with E-state index in [9.17, 15) is 18.4 Å². The van der Waals surface area contributed by atoms with Crippen LogP contribution in [0.5, 0.6) is 0 Å². The van der Waals surface area contributed by atoms with Gasteiger partial charge in [-0.1, -0.05) is 24.2 Å². The third-order valence-corrected chi connectivity index (χ3v) is 5.60. The van der Waals surface area contributed by atoms with Crippen LogP contribution in [0.1, 0.15) is 48.7 Å². The Morgan fingerprint density at radius 1 is 1.08 bits per heavy atom. The number of aromatic amines is 1. The largest absolute Gasteiger partial charge is 0.339 e. The summed E-state index contributed by atoms with van der Waals surface area (Å²) in [6.07, 6.45) is 1.35. The molecule has 0 radical (unpaired) electrons. The SMILES string of the molecule is CCCN(CCCc1nc2ccccc2c(=O)[nH]1)C(=O)c1ccc(-c2nc(CC(C)(F)F)no2)cc1. The summed E-state index contributed by atoms with van der Waals surface area (Å²) in [6, 6.07) is 13.8. The van der Waals surface area contributed by atoms with Gasteiger partial charge in [0.2, 0.25) is 0 Å². The van der Waals surface area contributed by atoms with Crippen molar-refractivity contribution in [2.75, 3.05) is 13.1 Å². The van der Waals surface area contributed by atoms with E-state index in [0.717, 1.165) is 13.3 Å². The molecule has 2 heterocycles. The molecule has 4 aromatic rings. The number of aryl methyl sites for hydroxylation is 1. The van der Waals surface area contributed by atoms with Crippen LogP contribution in [0.15, 0.2) is 57.8 Å². The molecular weight excluding hydrogens is 468 g/mol. The molecule has 0 bridgehead atoms. The molecule has 0 atom stereocenters. The van der Waals surface area contributed by atoms with E-state index in [-0.39, 0.29) is 23.2 Å². The molecule has 0 unspecified atom stereocenters. The summed E-state index contributed by atoms with van der Waals surface area (Å²) in [6.45, 7) is 3.88. The Morgan fingerprint density at radius 3 is 2.56 bits per heavy atom. The van der Waals surface area contributed by atoms with E-state index < -0.39 is 12.3 Å². The highest BCUT2D eigenvalue weighted by Gasteiger charge is 2.25. The van der Waals surface area contributed by atoms with Gasteiger partial charge in [0, 0.05) is 30.6 Å². The lowest BCUT2D eigenvalue weighted by atomic mass is 10.1. The predicted octanol–water partition coefficient (Wildman–Crippen LogP) is 4.66. The molecule has 0 aliphatic heterocycles. The summed E-state index contributed by atoms with van der Waals surface area (Å²) in [5.41, 5.74) is 1.51. The van der Waals surface area contributed by atoms with E-state index in [1.54, 1.807) is 47.4 Å². The smallest absolute Gasteiger partial charge is 0.258 e. The fourth-order valence-electron chi connectivity index (χ4n) is 3.93. The Bertz CT molecular complexity index is 1390. The normalized spacial score (nSPS) is 11.7. The average Bonchev–Trinajstić information content (AvgIpc) is 3.30. The second-order valence-corrected chi connectivity index (χ2v) is 8.77. The predicted molar refractivity (Wildman–Crippen MR) is 131 cm³/mol. The van der Waals surface area contributed by atoms with E-state index in [2.05, 4.69) is 20.1 Å². The van der Waals surface area contributed by atoms with Gasteiger partial charge in [-0.25, -0.2) is 13.8 Å². The molecule has 0 fully saturated rings. The number of halogens is 2. The van der Waals surface area contributed by atoms with Gasteiger partial charge < -0.3 is 14.4 Å². The van der Waals surface area contributed by atoms with Crippen LogP contribution in [-0.4, -0.2) is 49.9 Å². The van der Waals surface area contributed by atoms with Crippen LogP contribution in [0.25, 0.3) is 22.4 Å². The third-order valence-electron chi connectivity index (χ3n) is 5.60. The maximum atomic E-state index is 13.2. The standard InChI is InChI=1S/C26H27F2N5O3/c1-3-14-33(15-6-9-21-29-20-8-5-4-7-19(20)23(34)30-21)25(35)18-12-10-17(11-13-18)24-31-22(32-36-24)16-26(2,27)28/h4-5,7-8,10-13H,3,6,9,14-16H2,1-2H3,(H,29,30,34). The monoisotopic (exact) mass is 495 g/mol. The molecule has 1 N–H and O–H groups in total. The molecule has 188 valence electrons. The van der Waals surface area contributed by atoms with E-state index >= 15 is 0 Å². The number of fused-ring (bicyclic) bond motifs is 1. The molecule has 8 nitrogen and oxygen atoms in total. The number of alkyl halides is 2. The Hall–Kier alpha value is -3.95. The number of carbonyl (C=O) groups is 1. The molecule has 0 saturated heterocycles. The molecular formula is C26H27F2N5O3. The van der Waals surface area contributed by atoms with Crippen LogP contribution in [0.4, 0.5) is 8.78 Å². The van der Waals surface area contributed by atoms with Crippen molar-refractivity contribution < 1.29 is 18.1 Å². The highest BCUT2D eigenvalue weighted by atomic mass is 19.3. The van der Waals surface area contributed by atoms with Gasteiger partial charge in [0.1, 0.15) is 5.82 Å². The van der Waals surface area contributed by atoms with Crippen LogP contribution in [0.3, 0.4) is 0 Å². The lowest BCUT2D eigenvalue weighted by Gasteiger charge is -2.22. The molecule has 0 spiro atoms. The number of benzene rings is 2. The molecule has 10 heteroatoms. The van der Waals surface area contributed by atoms with E-state index in [1.807, 2.05) is 13.0 Å². The van der Waals surface area contributed by atoms with Gasteiger partial charge in [-0.15, -0.1) is 0 Å². The lowest BCUT2D eigenvalue weighted by molar-refractivity contribution is 0.0200. The zero-order valence-electron chi connectivity index (χ0n) is 20.1. The molecule has 4 rings (SSSR count). The maximum Gasteiger partial charge on any atom is 0.258 e.